The molecule has 1 atom stereocenters. The van der Waals surface area contributed by atoms with E-state index in [1.165, 1.54) is 25.1 Å². The molecule has 0 saturated heterocycles. The van der Waals surface area contributed by atoms with Crippen LogP contribution in [0.25, 0.3) is 0 Å². The van der Waals surface area contributed by atoms with Crippen LogP contribution in [0.3, 0.4) is 0 Å². The first-order valence-electron chi connectivity index (χ1n) is 5.14. The van der Waals surface area contributed by atoms with Gasteiger partial charge < -0.3 is 0 Å². The molecule has 1 N–H and O–H groups in total. The summed E-state index contributed by atoms with van der Waals surface area (Å²) in [5.41, 5.74) is -1.16. The summed E-state index contributed by atoms with van der Waals surface area (Å²) in [6.07, 6.45) is 0.344. The number of nitrogens with zero attached hydrogens (tertiary/aromatic N) is 1. The van der Waals surface area contributed by atoms with Crippen LogP contribution >= 0.6 is 23.2 Å². The third kappa shape index (κ3) is 3.59. The maximum absolute atomic E-state index is 12.1. The molecule has 0 aliphatic carbocycles. The number of nitriles is 1. The fourth-order valence-corrected chi connectivity index (χ4v) is 3.33. The second-order valence-electron chi connectivity index (χ2n) is 4.01. The Labute approximate surface area is 117 Å². The van der Waals surface area contributed by atoms with Gasteiger partial charge in [0.2, 0.25) is 10.0 Å². The van der Waals surface area contributed by atoms with E-state index in [0.29, 0.717) is 6.42 Å². The summed E-state index contributed by atoms with van der Waals surface area (Å²) in [7, 11) is -3.83. The van der Waals surface area contributed by atoms with Gasteiger partial charge in [-0.15, -0.1) is 0 Å². The first-order chi connectivity index (χ1) is 8.22. The van der Waals surface area contributed by atoms with E-state index < -0.39 is 15.6 Å². The molecule has 0 spiro atoms. The highest BCUT2D eigenvalue weighted by molar-refractivity contribution is 7.89. The second kappa shape index (κ2) is 5.45. The van der Waals surface area contributed by atoms with E-state index >= 15 is 0 Å². The first-order valence-corrected chi connectivity index (χ1v) is 7.37. The Hall–Kier alpha value is -0.800. The lowest BCUT2D eigenvalue weighted by atomic mass is 10.0. The van der Waals surface area contributed by atoms with E-state index in [4.69, 9.17) is 28.5 Å². The molecule has 0 bridgehead atoms. The molecule has 7 heteroatoms. The molecule has 0 radical (unpaired) electrons. The number of hydrogen-bond donors (Lipinski definition) is 1. The van der Waals surface area contributed by atoms with E-state index in [1.54, 1.807) is 6.92 Å². The summed E-state index contributed by atoms with van der Waals surface area (Å²) in [5.74, 6) is 0. The molecule has 1 unspecified atom stereocenters. The third-order valence-corrected chi connectivity index (χ3v) is 4.47. The molecule has 98 valence electrons. The zero-order chi connectivity index (χ0) is 14.0. The Bertz CT molecular complexity index is 575. The largest absolute Gasteiger partial charge is 0.242 e. The summed E-state index contributed by atoms with van der Waals surface area (Å²) in [6.45, 7) is 3.23. The standard InChI is InChI=1S/C11H12Cl2N2O2S/c1-3-11(2,7-14)15-18(16,17)10-5-8(12)4-9(13)6-10/h4-6,15H,3H2,1-2H3. The summed E-state index contributed by atoms with van der Waals surface area (Å²) >= 11 is 11.5. The van der Waals surface area contributed by atoms with Gasteiger partial charge in [0.15, 0.2) is 0 Å². The normalized spacial score (nSPS) is 14.8. The monoisotopic (exact) mass is 306 g/mol. The van der Waals surface area contributed by atoms with Crippen molar-refractivity contribution in [2.75, 3.05) is 0 Å². The van der Waals surface area contributed by atoms with E-state index in [-0.39, 0.29) is 14.9 Å². The minimum Gasteiger partial charge on any atom is -0.207 e. The van der Waals surface area contributed by atoms with Crippen LogP contribution in [-0.2, 0) is 10.0 Å². The summed E-state index contributed by atoms with van der Waals surface area (Å²) in [5, 5.41) is 9.42. The molecule has 1 aromatic carbocycles. The van der Waals surface area contributed by atoms with Crippen molar-refractivity contribution < 1.29 is 8.42 Å². The number of sulfonamides is 1. The van der Waals surface area contributed by atoms with Crippen LogP contribution in [0.2, 0.25) is 10.0 Å². The smallest absolute Gasteiger partial charge is 0.207 e. The Kier molecular flexibility index (Phi) is 4.62. The Balaban J connectivity index is 3.19. The Morgan fingerprint density at radius 3 is 2.22 bits per heavy atom. The van der Waals surface area contributed by atoms with Crippen molar-refractivity contribution in [1.29, 1.82) is 5.26 Å². The van der Waals surface area contributed by atoms with Gasteiger partial charge in [0.05, 0.1) is 11.0 Å². The molecule has 0 fully saturated rings. The van der Waals surface area contributed by atoms with E-state index in [1.807, 2.05) is 6.07 Å². The fraction of sp³-hybridized carbons (Fsp3) is 0.364. The average molecular weight is 307 g/mol. The molecule has 0 saturated carbocycles. The number of hydrogen-bond acceptors (Lipinski definition) is 3. The maximum atomic E-state index is 12.1. The molecule has 0 aromatic heterocycles. The van der Waals surface area contributed by atoms with Crippen LogP contribution in [0, 0.1) is 11.3 Å². The number of nitrogens with one attached hydrogen (secondary N) is 1. The topological polar surface area (TPSA) is 70.0 Å². The average Bonchev–Trinajstić information content (AvgIpc) is 2.27. The molecule has 1 rings (SSSR count). The van der Waals surface area contributed by atoms with Crippen molar-refractivity contribution in [1.82, 2.24) is 4.72 Å². The maximum Gasteiger partial charge on any atom is 0.242 e. The summed E-state index contributed by atoms with van der Waals surface area (Å²) in [4.78, 5) is -0.0603. The molecule has 4 nitrogen and oxygen atoms in total. The zero-order valence-corrected chi connectivity index (χ0v) is 12.2. The van der Waals surface area contributed by atoms with Crippen molar-refractivity contribution in [2.24, 2.45) is 0 Å². The van der Waals surface area contributed by atoms with Crippen molar-refractivity contribution in [2.45, 2.75) is 30.7 Å². The lowest BCUT2D eigenvalue weighted by molar-refractivity contribution is 0.495. The molecular weight excluding hydrogens is 295 g/mol. The van der Waals surface area contributed by atoms with Crippen LogP contribution in [-0.4, -0.2) is 14.0 Å². The Morgan fingerprint density at radius 2 is 1.83 bits per heavy atom. The van der Waals surface area contributed by atoms with Crippen LogP contribution in [0.4, 0.5) is 0 Å². The molecule has 1 aromatic rings. The zero-order valence-electron chi connectivity index (χ0n) is 9.87. The van der Waals surface area contributed by atoms with Gasteiger partial charge in [-0.3, -0.25) is 0 Å². The van der Waals surface area contributed by atoms with Gasteiger partial charge in [-0.1, -0.05) is 30.1 Å². The number of benzene rings is 1. The number of rotatable bonds is 4. The molecule has 18 heavy (non-hydrogen) atoms. The third-order valence-electron chi connectivity index (χ3n) is 2.46. The van der Waals surface area contributed by atoms with Gasteiger partial charge >= 0.3 is 0 Å². The highest BCUT2D eigenvalue weighted by Gasteiger charge is 2.29. The minimum atomic E-state index is -3.83. The van der Waals surface area contributed by atoms with Gasteiger partial charge in [-0.25, -0.2) is 8.42 Å². The molecular formula is C11H12Cl2N2O2S. The fourth-order valence-electron chi connectivity index (χ4n) is 1.21. The van der Waals surface area contributed by atoms with Crippen molar-refractivity contribution in [3.8, 4) is 6.07 Å². The minimum absolute atomic E-state index is 0.0603. The highest BCUT2D eigenvalue weighted by atomic mass is 35.5. The van der Waals surface area contributed by atoms with Gasteiger partial charge in [0.25, 0.3) is 0 Å². The van der Waals surface area contributed by atoms with Gasteiger partial charge in [0.1, 0.15) is 5.54 Å². The van der Waals surface area contributed by atoms with Crippen LogP contribution in [0.15, 0.2) is 23.1 Å². The van der Waals surface area contributed by atoms with Crippen LogP contribution < -0.4 is 4.72 Å². The molecule has 0 amide bonds. The quantitative estimate of drug-likeness (QED) is 0.929. The van der Waals surface area contributed by atoms with E-state index in [2.05, 4.69) is 4.72 Å². The predicted octanol–water partition coefficient (Wildman–Crippen LogP) is 2.96. The number of halogens is 2. The highest BCUT2D eigenvalue weighted by Crippen LogP contribution is 2.23. The van der Waals surface area contributed by atoms with Crippen molar-refractivity contribution >= 4 is 33.2 Å². The van der Waals surface area contributed by atoms with E-state index in [0.717, 1.165) is 0 Å². The lowest BCUT2D eigenvalue weighted by Gasteiger charge is -2.21. The van der Waals surface area contributed by atoms with Crippen LogP contribution in [0.1, 0.15) is 20.3 Å². The van der Waals surface area contributed by atoms with Crippen LogP contribution in [0.5, 0.6) is 0 Å². The second-order valence-corrected chi connectivity index (χ2v) is 6.56. The predicted molar refractivity (Wildman–Crippen MR) is 71.1 cm³/mol. The first kappa shape index (κ1) is 15.3. The lowest BCUT2D eigenvalue weighted by Crippen LogP contribution is -2.44. The SMILES string of the molecule is CCC(C)(C#N)NS(=O)(=O)c1cc(Cl)cc(Cl)c1. The summed E-state index contributed by atoms with van der Waals surface area (Å²) < 4.78 is 26.5. The van der Waals surface area contributed by atoms with Gasteiger partial charge in [-0.05, 0) is 31.5 Å². The summed E-state index contributed by atoms with van der Waals surface area (Å²) in [6, 6.07) is 5.92. The van der Waals surface area contributed by atoms with Gasteiger partial charge in [-0.2, -0.15) is 9.98 Å². The van der Waals surface area contributed by atoms with Gasteiger partial charge in [0, 0.05) is 10.0 Å². The van der Waals surface area contributed by atoms with E-state index in [9.17, 15) is 8.42 Å². The van der Waals surface area contributed by atoms with Crippen molar-refractivity contribution in [3.05, 3.63) is 28.2 Å². The molecule has 0 aliphatic rings. The molecule has 0 heterocycles. The molecule has 0 aliphatic heterocycles. The van der Waals surface area contributed by atoms with Crippen molar-refractivity contribution in [3.63, 3.8) is 0 Å². The Morgan fingerprint density at radius 1 is 1.33 bits per heavy atom.